The minimum absolute atomic E-state index is 0.139. The number of aliphatic hydroxyl groups is 1. The van der Waals surface area contributed by atoms with Gasteiger partial charge in [0.15, 0.2) is 5.69 Å². The molecule has 2 aromatic rings. The molecule has 1 aliphatic carbocycles. The average molecular weight is 300 g/mol. The Balaban J connectivity index is 1.68. The van der Waals surface area contributed by atoms with E-state index < -0.39 is 0 Å². The summed E-state index contributed by atoms with van der Waals surface area (Å²) in [5.74, 6) is 0.246. The third-order valence-corrected chi connectivity index (χ3v) is 4.07. The van der Waals surface area contributed by atoms with Crippen molar-refractivity contribution in [2.75, 3.05) is 13.6 Å². The molecule has 1 saturated carbocycles. The molecule has 1 aliphatic rings. The number of hydrogen-bond donors (Lipinski definition) is 1. The van der Waals surface area contributed by atoms with Gasteiger partial charge in [-0.2, -0.15) is 0 Å². The maximum Gasteiger partial charge on any atom is 0.275 e. The lowest BCUT2D eigenvalue weighted by Crippen LogP contribution is -2.39. The van der Waals surface area contributed by atoms with Crippen molar-refractivity contribution in [1.82, 2.24) is 19.9 Å². The summed E-state index contributed by atoms with van der Waals surface area (Å²) in [6.07, 6.45) is 3.00. The predicted octanol–water partition coefficient (Wildman–Crippen LogP) is 1.42. The van der Waals surface area contributed by atoms with Crippen LogP contribution in [0.2, 0.25) is 0 Å². The van der Waals surface area contributed by atoms with E-state index in [4.69, 9.17) is 0 Å². The van der Waals surface area contributed by atoms with Gasteiger partial charge in [0.25, 0.3) is 5.91 Å². The topological polar surface area (TPSA) is 71.2 Å². The number of aryl methyl sites for hydroxylation is 1. The maximum atomic E-state index is 12.4. The first kappa shape index (κ1) is 14.7. The molecule has 1 aromatic carbocycles. The molecular formula is C16H20N4O2. The molecule has 6 heteroatoms. The highest BCUT2D eigenvalue weighted by Crippen LogP contribution is 2.27. The first-order valence-corrected chi connectivity index (χ1v) is 7.46. The molecule has 0 bridgehead atoms. The summed E-state index contributed by atoms with van der Waals surface area (Å²) < 4.78 is 1.61. The number of rotatable bonds is 4. The summed E-state index contributed by atoms with van der Waals surface area (Å²) in [6, 6.07) is 7.87. The second-order valence-electron chi connectivity index (χ2n) is 6.06. The molecule has 6 nitrogen and oxygen atoms in total. The largest absolute Gasteiger partial charge is 0.393 e. The van der Waals surface area contributed by atoms with Crippen LogP contribution in [0.5, 0.6) is 0 Å². The van der Waals surface area contributed by atoms with Crippen molar-refractivity contribution in [3.05, 3.63) is 41.7 Å². The molecule has 0 atom stereocenters. The normalized spacial score (nSPS) is 20.5. The highest BCUT2D eigenvalue weighted by atomic mass is 16.3. The summed E-state index contributed by atoms with van der Waals surface area (Å²) in [5.41, 5.74) is 2.35. The van der Waals surface area contributed by atoms with Crippen LogP contribution in [-0.4, -0.2) is 50.6 Å². The van der Waals surface area contributed by atoms with Crippen molar-refractivity contribution in [2.24, 2.45) is 5.92 Å². The maximum absolute atomic E-state index is 12.4. The summed E-state index contributed by atoms with van der Waals surface area (Å²) in [6.45, 7) is 2.65. The number of aliphatic hydroxyl groups excluding tert-OH is 1. The van der Waals surface area contributed by atoms with E-state index in [-0.39, 0.29) is 12.0 Å². The number of hydrogen-bond acceptors (Lipinski definition) is 4. The quantitative estimate of drug-likeness (QED) is 0.927. The molecule has 0 spiro atoms. The second-order valence-corrected chi connectivity index (χ2v) is 6.06. The van der Waals surface area contributed by atoms with Gasteiger partial charge in [-0.05, 0) is 43.4 Å². The van der Waals surface area contributed by atoms with Crippen molar-refractivity contribution < 1.29 is 9.90 Å². The molecule has 116 valence electrons. The Morgan fingerprint density at radius 2 is 2.23 bits per heavy atom. The second kappa shape index (κ2) is 5.88. The Labute approximate surface area is 129 Å². The van der Waals surface area contributed by atoms with Gasteiger partial charge in [0.2, 0.25) is 0 Å². The molecule has 3 rings (SSSR count). The third-order valence-electron chi connectivity index (χ3n) is 4.07. The van der Waals surface area contributed by atoms with Crippen molar-refractivity contribution in [2.45, 2.75) is 25.9 Å². The molecular weight excluding hydrogens is 280 g/mol. The molecule has 0 radical (unpaired) electrons. The lowest BCUT2D eigenvalue weighted by Gasteiger charge is -2.34. The van der Waals surface area contributed by atoms with Gasteiger partial charge < -0.3 is 10.0 Å². The van der Waals surface area contributed by atoms with E-state index in [1.165, 1.54) is 0 Å². The van der Waals surface area contributed by atoms with Crippen molar-refractivity contribution in [3.63, 3.8) is 0 Å². The van der Waals surface area contributed by atoms with Gasteiger partial charge in [-0.1, -0.05) is 17.3 Å². The molecule has 0 saturated heterocycles. The van der Waals surface area contributed by atoms with Crippen molar-refractivity contribution in [3.8, 4) is 5.69 Å². The first-order chi connectivity index (χ1) is 10.5. The summed E-state index contributed by atoms with van der Waals surface area (Å²) >= 11 is 0. The van der Waals surface area contributed by atoms with Gasteiger partial charge in [0.1, 0.15) is 0 Å². The van der Waals surface area contributed by atoms with Crippen LogP contribution in [0.25, 0.3) is 5.69 Å². The fraction of sp³-hybridized carbons (Fsp3) is 0.438. The number of carbonyl (C=O) groups is 1. The molecule has 1 N–H and O–H groups in total. The van der Waals surface area contributed by atoms with E-state index in [0.717, 1.165) is 24.1 Å². The van der Waals surface area contributed by atoms with Gasteiger partial charge >= 0.3 is 0 Å². The number of amides is 1. The van der Waals surface area contributed by atoms with Gasteiger partial charge in [-0.25, -0.2) is 4.68 Å². The molecule has 0 aliphatic heterocycles. The standard InChI is InChI=1S/C16H20N4O2/c1-11-4-3-5-13(6-11)20-10-15(17-18-20)16(22)19(2)9-12-7-14(21)8-12/h3-6,10,12,14,21H,7-9H2,1-2H3. The number of benzene rings is 1. The van der Waals surface area contributed by atoms with Gasteiger partial charge in [0.05, 0.1) is 18.0 Å². The van der Waals surface area contributed by atoms with Crippen LogP contribution in [0, 0.1) is 12.8 Å². The highest BCUT2D eigenvalue weighted by molar-refractivity contribution is 5.91. The van der Waals surface area contributed by atoms with E-state index in [9.17, 15) is 9.90 Å². The third kappa shape index (κ3) is 3.01. The van der Waals surface area contributed by atoms with Crippen LogP contribution in [0.1, 0.15) is 28.9 Å². The zero-order chi connectivity index (χ0) is 15.7. The highest BCUT2D eigenvalue weighted by Gasteiger charge is 2.29. The van der Waals surface area contributed by atoms with Crippen LogP contribution < -0.4 is 0 Å². The van der Waals surface area contributed by atoms with E-state index in [0.29, 0.717) is 18.2 Å². The SMILES string of the molecule is Cc1cccc(-n2cc(C(=O)N(C)CC3CC(O)C3)nn2)c1. The summed E-state index contributed by atoms with van der Waals surface area (Å²) in [4.78, 5) is 14.0. The van der Waals surface area contributed by atoms with Crippen LogP contribution in [0.4, 0.5) is 0 Å². The number of carbonyl (C=O) groups excluding carboxylic acids is 1. The first-order valence-electron chi connectivity index (χ1n) is 7.46. The van der Waals surface area contributed by atoms with Crippen LogP contribution >= 0.6 is 0 Å². The molecule has 1 aromatic heterocycles. The Morgan fingerprint density at radius 3 is 2.91 bits per heavy atom. The van der Waals surface area contributed by atoms with E-state index in [1.807, 2.05) is 31.2 Å². The summed E-state index contributed by atoms with van der Waals surface area (Å²) in [5, 5.41) is 17.3. The number of nitrogens with zero attached hydrogens (tertiary/aromatic N) is 4. The lowest BCUT2D eigenvalue weighted by atomic mass is 9.82. The molecule has 0 unspecified atom stereocenters. The molecule has 1 fully saturated rings. The van der Waals surface area contributed by atoms with Crippen LogP contribution in [0.15, 0.2) is 30.5 Å². The van der Waals surface area contributed by atoms with Crippen molar-refractivity contribution >= 4 is 5.91 Å². The van der Waals surface area contributed by atoms with Crippen LogP contribution in [0.3, 0.4) is 0 Å². The molecule has 1 heterocycles. The lowest BCUT2D eigenvalue weighted by molar-refractivity contribution is 0.0264. The average Bonchev–Trinajstić information content (AvgIpc) is 2.94. The van der Waals surface area contributed by atoms with Crippen molar-refractivity contribution in [1.29, 1.82) is 0 Å². The van der Waals surface area contributed by atoms with E-state index in [1.54, 1.807) is 22.8 Å². The zero-order valence-electron chi connectivity index (χ0n) is 12.8. The summed E-state index contributed by atoms with van der Waals surface area (Å²) in [7, 11) is 1.76. The zero-order valence-corrected chi connectivity index (χ0v) is 12.8. The Kier molecular flexibility index (Phi) is 3.94. The molecule has 22 heavy (non-hydrogen) atoms. The Morgan fingerprint density at radius 1 is 1.45 bits per heavy atom. The Bertz CT molecular complexity index is 676. The molecule has 1 amide bonds. The monoisotopic (exact) mass is 300 g/mol. The van der Waals surface area contributed by atoms with Gasteiger partial charge in [0, 0.05) is 13.6 Å². The van der Waals surface area contributed by atoms with Crippen LogP contribution in [-0.2, 0) is 0 Å². The van der Waals surface area contributed by atoms with E-state index in [2.05, 4.69) is 10.3 Å². The fourth-order valence-corrected chi connectivity index (χ4v) is 2.77. The predicted molar refractivity (Wildman–Crippen MR) is 81.8 cm³/mol. The Hall–Kier alpha value is -2.21. The van der Waals surface area contributed by atoms with Gasteiger partial charge in [-0.3, -0.25) is 4.79 Å². The number of aromatic nitrogens is 3. The van der Waals surface area contributed by atoms with Gasteiger partial charge in [-0.15, -0.1) is 5.10 Å². The minimum atomic E-state index is -0.198. The fourth-order valence-electron chi connectivity index (χ4n) is 2.77. The van der Waals surface area contributed by atoms with E-state index >= 15 is 0 Å². The minimum Gasteiger partial charge on any atom is -0.393 e. The smallest absolute Gasteiger partial charge is 0.275 e.